The maximum atomic E-state index is 15.4. The minimum Gasteiger partial charge on any atom is -0.490 e. The van der Waals surface area contributed by atoms with Crippen LogP contribution in [0.15, 0.2) is 45.8 Å². The molecule has 38 heavy (non-hydrogen) atoms. The summed E-state index contributed by atoms with van der Waals surface area (Å²) in [5.41, 5.74) is -0.415. The van der Waals surface area contributed by atoms with Crippen LogP contribution in [0.25, 0.3) is 0 Å². The van der Waals surface area contributed by atoms with Gasteiger partial charge in [0.15, 0.2) is 37.1 Å². The van der Waals surface area contributed by atoms with Crippen LogP contribution in [0.3, 0.4) is 0 Å². The van der Waals surface area contributed by atoms with E-state index in [1.165, 1.54) is 31.2 Å². The summed E-state index contributed by atoms with van der Waals surface area (Å²) in [5, 5.41) is 3.91. The Hall–Kier alpha value is -2.61. The SMILES string of the molecule is Cc1nc(CS(=O)(=O)CC[C@@H]2OCC[C@@]3(S(=O)(=O)c4ccc(Cl)cc4)c4c(F)ccc(F)c4OC[C@@H]23)no1. The number of hydrogen-bond donors (Lipinski definition) is 0. The van der Waals surface area contributed by atoms with Crippen molar-refractivity contribution >= 4 is 31.3 Å². The molecule has 14 heteroatoms. The third-order valence-corrected chi connectivity index (χ3v) is 11.3. The first-order valence-corrected chi connectivity index (χ1v) is 15.4. The molecule has 3 atom stereocenters. The van der Waals surface area contributed by atoms with Crippen molar-refractivity contribution < 1.29 is 39.6 Å². The first-order valence-electron chi connectivity index (χ1n) is 11.7. The highest BCUT2D eigenvalue weighted by Gasteiger charge is 2.61. The molecular formula is C24H23ClF2N2O7S2. The summed E-state index contributed by atoms with van der Waals surface area (Å²) in [4.78, 5) is 3.77. The highest BCUT2D eigenvalue weighted by atomic mass is 35.5. The van der Waals surface area contributed by atoms with Crippen LogP contribution in [0.5, 0.6) is 5.75 Å². The van der Waals surface area contributed by atoms with Gasteiger partial charge in [-0.2, -0.15) is 4.98 Å². The van der Waals surface area contributed by atoms with Crippen LogP contribution in [0.2, 0.25) is 5.02 Å². The van der Waals surface area contributed by atoms with Crippen LogP contribution < -0.4 is 4.74 Å². The fraction of sp³-hybridized carbons (Fsp3) is 0.417. The molecule has 2 aromatic carbocycles. The molecule has 0 amide bonds. The topological polar surface area (TPSA) is 126 Å². The van der Waals surface area contributed by atoms with Crippen LogP contribution in [0, 0.1) is 24.5 Å². The summed E-state index contributed by atoms with van der Waals surface area (Å²) < 4.78 is 98.7. The normalized spacial score (nSPS) is 23.4. The van der Waals surface area contributed by atoms with Crippen molar-refractivity contribution in [2.75, 3.05) is 19.0 Å². The highest BCUT2D eigenvalue weighted by Crippen LogP contribution is 2.56. The molecule has 2 aliphatic rings. The number of hydrogen-bond acceptors (Lipinski definition) is 9. The number of aromatic nitrogens is 2. The molecule has 1 saturated heterocycles. The van der Waals surface area contributed by atoms with Gasteiger partial charge in [-0.3, -0.25) is 0 Å². The number of halogens is 3. The Labute approximate surface area is 222 Å². The monoisotopic (exact) mass is 588 g/mol. The summed E-state index contributed by atoms with van der Waals surface area (Å²) in [6.07, 6.45) is -1.26. The molecule has 3 heterocycles. The molecule has 0 unspecified atom stereocenters. The molecular weight excluding hydrogens is 566 g/mol. The van der Waals surface area contributed by atoms with Crippen LogP contribution >= 0.6 is 11.6 Å². The number of rotatable bonds is 7. The van der Waals surface area contributed by atoms with Crippen molar-refractivity contribution in [1.29, 1.82) is 0 Å². The second-order valence-electron chi connectivity index (χ2n) is 9.27. The van der Waals surface area contributed by atoms with E-state index in [4.69, 9.17) is 25.6 Å². The van der Waals surface area contributed by atoms with Crippen LogP contribution in [-0.4, -0.2) is 52.0 Å². The summed E-state index contributed by atoms with van der Waals surface area (Å²) >= 11 is 5.96. The Morgan fingerprint density at radius 2 is 1.79 bits per heavy atom. The Kier molecular flexibility index (Phi) is 6.99. The third-order valence-electron chi connectivity index (χ3n) is 6.98. The van der Waals surface area contributed by atoms with E-state index >= 15 is 4.39 Å². The lowest BCUT2D eigenvalue weighted by Gasteiger charge is -2.50. The lowest BCUT2D eigenvalue weighted by atomic mass is 9.75. The van der Waals surface area contributed by atoms with Gasteiger partial charge in [0.05, 0.1) is 28.9 Å². The summed E-state index contributed by atoms with van der Waals surface area (Å²) in [6, 6.07) is 7.13. The number of fused-ring (bicyclic) bond motifs is 3. The van der Waals surface area contributed by atoms with E-state index in [1.807, 2.05) is 0 Å². The van der Waals surface area contributed by atoms with Crippen LogP contribution in [0.4, 0.5) is 8.78 Å². The van der Waals surface area contributed by atoms with Gasteiger partial charge in [-0.05, 0) is 49.2 Å². The minimum absolute atomic E-state index is 0.000742. The molecule has 0 bridgehead atoms. The van der Waals surface area contributed by atoms with E-state index in [-0.39, 0.29) is 42.7 Å². The van der Waals surface area contributed by atoms with Crippen LogP contribution in [-0.2, 0) is 34.9 Å². The standard InChI is InChI=1S/C24H23ClF2N2O7S2/c1-14-28-21(29-36-14)13-37(30,31)11-8-20-17-12-35-23-19(27)7-6-18(26)22(23)24(17,9-10-34-20)38(32,33)16-4-2-15(25)3-5-16/h2-7,17,20H,8-13H2,1H3/t17-,20-,24-/m0/s1. The van der Waals surface area contributed by atoms with Crippen molar-refractivity contribution in [1.82, 2.24) is 10.1 Å². The fourth-order valence-corrected chi connectivity index (χ4v) is 9.02. The van der Waals surface area contributed by atoms with Crippen molar-refractivity contribution in [2.45, 2.75) is 41.3 Å². The zero-order chi connectivity index (χ0) is 27.3. The maximum Gasteiger partial charge on any atom is 0.223 e. The Balaban J connectivity index is 1.56. The Bertz CT molecular complexity index is 1580. The zero-order valence-electron chi connectivity index (χ0n) is 20.1. The first-order chi connectivity index (χ1) is 17.9. The highest BCUT2D eigenvalue weighted by molar-refractivity contribution is 7.92. The summed E-state index contributed by atoms with van der Waals surface area (Å²) in [6.45, 7) is 1.07. The lowest BCUT2D eigenvalue weighted by Crippen LogP contribution is -2.57. The number of aryl methyl sites for hydroxylation is 1. The molecule has 0 spiro atoms. The van der Waals surface area contributed by atoms with Gasteiger partial charge in [0.1, 0.15) is 16.3 Å². The molecule has 0 saturated carbocycles. The predicted octanol–water partition coefficient (Wildman–Crippen LogP) is 3.78. The molecule has 204 valence electrons. The van der Waals surface area contributed by atoms with E-state index in [2.05, 4.69) is 10.1 Å². The smallest absolute Gasteiger partial charge is 0.223 e. The number of nitrogens with zero attached hydrogens (tertiary/aromatic N) is 2. The van der Waals surface area contributed by atoms with E-state index in [9.17, 15) is 21.2 Å². The number of benzene rings is 2. The van der Waals surface area contributed by atoms with Gasteiger partial charge in [-0.1, -0.05) is 16.8 Å². The zero-order valence-corrected chi connectivity index (χ0v) is 22.5. The lowest BCUT2D eigenvalue weighted by molar-refractivity contribution is -0.0732. The van der Waals surface area contributed by atoms with Crippen molar-refractivity contribution in [2.24, 2.45) is 5.92 Å². The van der Waals surface area contributed by atoms with Gasteiger partial charge in [0.2, 0.25) is 5.89 Å². The second-order valence-corrected chi connectivity index (χ2v) is 14.1. The average Bonchev–Trinajstić information content (AvgIpc) is 3.28. The molecule has 0 aliphatic carbocycles. The minimum atomic E-state index is -4.39. The van der Waals surface area contributed by atoms with Gasteiger partial charge < -0.3 is 14.0 Å². The Morgan fingerprint density at radius 3 is 2.47 bits per heavy atom. The van der Waals surface area contributed by atoms with Gasteiger partial charge in [-0.25, -0.2) is 25.6 Å². The molecule has 0 N–H and O–H groups in total. The van der Waals surface area contributed by atoms with Crippen molar-refractivity contribution in [3.8, 4) is 5.75 Å². The van der Waals surface area contributed by atoms with Gasteiger partial charge >= 0.3 is 0 Å². The fourth-order valence-electron chi connectivity index (χ4n) is 5.30. The molecule has 1 aromatic heterocycles. The van der Waals surface area contributed by atoms with E-state index < -0.39 is 70.9 Å². The summed E-state index contributed by atoms with van der Waals surface area (Å²) in [7, 11) is -8.14. The quantitative estimate of drug-likeness (QED) is 0.405. The Morgan fingerprint density at radius 1 is 1.08 bits per heavy atom. The molecule has 5 rings (SSSR count). The first kappa shape index (κ1) is 27.0. The predicted molar refractivity (Wildman–Crippen MR) is 131 cm³/mol. The molecule has 3 aromatic rings. The maximum absolute atomic E-state index is 15.4. The largest absolute Gasteiger partial charge is 0.490 e. The average molecular weight is 589 g/mol. The number of sulfone groups is 2. The van der Waals surface area contributed by atoms with E-state index in [0.717, 1.165) is 12.1 Å². The molecule has 2 aliphatic heterocycles. The van der Waals surface area contributed by atoms with E-state index in [1.54, 1.807) is 0 Å². The van der Waals surface area contributed by atoms with Gasteiger partial charge in [0, 0.05) is 24.5 Å². The molecule has 9 nitrogen and oxygen atoms in total. The van der Waals surface area contributed by atoms with E-state index in [0.29, 0.717) is 5.02 Å². The van der Waals surface area contributed by atoms with Gasteiger partial charge in [-0.15, -0.1) is 0 Å². The second kappa shape index (κ2) is 9.85. The van der Waals surface area contributed by atoms with Crippen molar-refractivity contribution in [3.63, 3.8) is 0 Å². The van der Waals surface area contributed by atoms with Gasteiger partial charge in [0.25, 0.3) is 0 Å². The van der Waals surface area contributed by atoms with Crippen LogP contribution in [0.1, 0.15) is 30.1 Å². The number of ether oxygens (including phenoxy) is 2. The third kappa shape index (κ3) is 4.59. The van der Waals surface area contributed by atoms with Crippen molar-refractivity contribution in [3.05, 3.63) is 70.3 Å². The summed E-state index contributed by atoms with van der Waals surface area (Å²) in [5.74, 6) is -4.00. The molecule has 0 radical (unpaired) electrons. The molecule has 1 fully saturated rings.